The molecule has 2 aromatic heterocycles. The fraction of sp³-hybridized carbons (Fsp3) is 0.333. The second kappa shape index (κ2) is 33.0. The van der Waals surface area contributed by atoms with Gasteiger partial charge in [-0.25, -0.2) is 18.8 Å². The van der Waals surface area contributed by atoms with Crippen LogP contribution in [0, 0.1) is 35.5 Å². The average Bonchev–Trinajstić information content (AvgIpc) is 2.41. The Bertz CT molecular complexity index is 4030. The van der Waals surface area contributed by atoms with Crippen LogP contribution in [0.25, 0.3) is 21.5 Å². The molecule has 0 bridgehead atoms. The van der Waals surface area contributed by atoms with Crippen LogP contribution >= 0.6 is 45.9 Å². The smallest absolute Gasteiger partial charge is 0.345 e. The fourth-order valence-electron chi connectivity index (χ4n) is 13.0. The van der Waals surface area contributed by atoms with Crippen molar-refractivity contribution >= 4 is 91.1 Å². The van der Waals surface area contributed by atoms with Gasteiger partial charge in [0.2, 0.25) is 0 Å². The number of carboxylic acids is 3. The Hall–Kier alpha value is -7.85. The Labute approximate surface area is 567 Å². The van der Waals surface area contributed by atoms with Gasteiger partial charge in [0.25, 0.3) is 0 Å². The number of aromatic carboxylic acids is 3. The van der Waals surface area contributed by atoms with E-state index in [0.29, 0.717) is 72.9 Å². The van der Waals surface area contributed by atoms with Crippen LogP contribution in [0.1, 0.15) is 121 Å². The van der Waals surface area contributed by atoms with Gasteiger partial charge in [-0.15, -0.1) is 34.3 Å². The van der Waals surface area contributed by atoms with E-state index in [2.05, 4.69) is 68.4 Å². The van der Waals surface area contributed by atoms with Crippen molar-refractivity contribution in [3.63, 3.8) is 0 Å². The monoisotopic (exact) mass is 1340 g/mol. The molecule has 3 aliphatic rings. The number of allylic oxidation sites excluding steroid dienone is 1. The largest absolute Gasteiger partial charge is 0.493 e. The number of alkyl halides is 2. The molecule has 2 saturated carbocycles. The lowest BCUT2D eigenvalue weighted by Gasteiger charge is -2.26. The molecule has 490 valence electrons. The lowest BCUT2D eigenvalue weighted by Crippen LogP contribution is -2.25. The number of Topliss-reactive ketones (excluding diaryl/α,β-unsaturated/α-hetero) is 1. The van der Waals surface area contributed by atoms with Crippen molar-refractivity contribution in [3.05, 3.63) is 241 Å². The first-order chi connectivity index (χ1) is 45.5. The van der Waals surface area contributed by atoms with E-state index in [0.717, 1.165) is 111 Å². The van der Waals surface area contributed by atoms with Crippen molar-refractivity contribution in [2.24, 2.45) is 35.5 Å². The van der Waals surface area contributed by atoms with Crippen molar-refractivity contribution in [3.8, 4) is 17.2 Å². The van der Waals surface area contributed by atoms with Crippen LogP contribution in [-0.2, 0) is 34.4 Å². The van der Waals surface area contributed by atoms with E-state index >= 15 is 0 Å². The number of carbonyl (C=O) groups excluding carboxylic acids is 1. The van der Waals surface area contributed by atoms with Crippen LogP contribution < -0.4 is 14.2 Å². The molecule has 2 fully saturated rings. The van der Waals surface area contributed by atoms with Gasteiger partial charge < -0.3 is 34.3 Å². The highest BCUT2D eigenvalue weighted by molar-refractivity contribution is 7.14. The molecule has 0 aliphatic heterocycles. The van der Waals surface area contributed by atoms with Crippen LogP contribution in [-0.4, -0.2) is 77.0 Å². The summed E-state index contributed by atoms with van der Waals surface area (Å²) in [5.74, 6) is 0.756. The Morgan fingerprint density at radius 1 is 0.585 bits per heavy atom. The van der Waals surface area contributed by atoms with Crippen molar-refractivity contribution in [1.82, 2.24) is 0 Å². The Morgan fingerprint density at radius 2 is 1.21 bits per heavy atom. The highest BCUT2D eigenvalue weighted by Crippen LogP contribution is 2.42. The maximum Gasteiger partial charge on any atom is 0.345 e. The zero-order chi connectivity index (χ0) is 66.1. The number of thiophene rings is 2. The minimum atomic E-state index is -1.01. The molecule has 8 atom stereocenters. The lowest BCUT2D eigenvalue weighted by molar-refractivity contribution is -0.122. The number of halogens is 3. The molecule has 3 N–H and O–H groups in total. The molecule has 0 saturated heterocycles. The molecule has 7 aromatic carbocycles. The highest BCUT2D eigenvalue weighted by atomic mass is 35.5. The average molecular weight is 1350 g/mol. The maximum atomic E-state index is 14.3. The van der Waals surface area contributed by atoms with Gasteiger partial charge in [0.15, 0.2) is 0 Å². The third-order valence-electron chi connectivity index (χ3n) is 18.5. The number of hydrogen-bond donors (Lipinski definition) is 3. The zero-order valence-corrected chi connectivity index (χ0v) is 55.9. The first-order valence-electron chi connectivity index (χ1n) is 32.2. The Balaban J connectivity index is 0.000000154. The van der Waals surface area contributed by atoms with Gasteiger partial charge in [-0.3, -0.25) is 4.79 Å². The van der Waals surface area contributed by atoms with Crippen LogP contribution in [0.4, 0.5) is 4.39 Å². The predicted octanol–water partition coefficient (Wildman–Crippen LogP) is 19.2. The van der Waals surface area contributed by atoms with Crippen molar-refractivity contribution < 1.29 is 57.8 Å². The number of hydrogen-bond acceptors (Lipinski definition) is 10. The zero-order valence-electron chi connectivity index (χ0n) is 52.8. The number of rotatable bonds is 26. The number of carbonyl (C=O) groups is 4. The number of aryl methyl sites for hydroxylation is 2. The Morgan fingerprint density at radius 3 is 1.96 bits per heavy atom. The molecule has 12 rings (SSSR count). The summed E-state index contributed by atoms with van der Waals surface area (Å²) >= 11 is 15.4. The summed E-state index contributed by atoms with van der Waals surface area (Å²) in [4.78, 5) is 48.3. The van der Waals surface area contributed by atoms with Gasteiger partial charge in [-0.1, -0.05) is 153 Å². The molecular formula is C78H79Cl2FO11S2. The fourth-order valence-corrected chi connectivity index (χ4v) is 15.4. The number of ether oxygens (including phenoxy) is 4. The number of fused-ring (bicyclic) bond motifs is 2. The maximum absolute atomic E-state index is 14.3. The molecule has 0 amide bonds. The van der Waals surface area contributed by atoms with E-state index in [1.54, 1.807) is 36.4 Å². The quantitative estimate of drug-likeness (QED) is 0.0442. The normalized spacial score (nSPS) is 20.0. The summed E-state index contributed by atoms with van der Waals surface area (Å²) in [5, 5.41) is 32.0. The van der Waals surface area contributed by atoms with Crippen molar-refractivity contribution in [1.29, 1.82) is 0 Å². The third kappa shape index (κ3) is 18.3. The Kier molecular flexibility index (Phi) is 24.2. The van der Waals surface area contributed by atoms with Gasteiger partial charge in [-0.05, 0) is 175 Å². The van der Waals surface area contributed by atoms with E-state index in [-0.39, 0.29) is 35.0 Å². The minimum absolute atomic E-state index is 0.0361. The van der Waals surface area contributed by atoms with Crippen molar-refractivity contribution in [2.75, 3.05) is 26.4 Å². The summed E-state index contributed by atoms with van der Waals surface area (Å²) in [6, 6.07) is 61.0. The summed E-state index contributed by atoms with van der Waals surface area (Å²) in [6.45, 7) is 6.72. The van der Waals surface area contributed by atoms with Gasteiger partial charge in [0.05, 0.1) is 49.9 Å². The van der Waals surface area contributed by atoms with E-state index in [1.807, 2.05) is 103 Å². The first-order valence-corrected chi connectivity index (χ1v) is 34.6. The summed E-state index contributed by atoms with van der Waals surface area (Å²) in [7, 11) is 0. The second-order valence-corrected chi connectivity index (χ2v) is 28.3. The summed E-state index contributed by atoms with van der Waals surface area (Å²) in [5.41, 5.74) is 3.77. The third-order valence-corrected chi connectivity index (χ3v) is 21.7. The molecule has 94 heavy (non-hydrogen) atoms. The van der Waals surface area contributed by atoms with E-state index in [1.165, 1.54) is 33.8 Å². The van der Waals surface area contributed by atoms with Crippen LogP contribution in [0.2, 0.25) is 0 Å². The topological polar surface area (TPSA) is 166 Å². The molecule has 11 nitrogen and oxygen atoms in total. The molecule has 2 unspecified atom stereocenters. The molecule has 2 heterocycles. The predicted molar refractivity (Wildman–Crippen MR) is 374 cm³/mol. The molecular weight excluding hydrogens is 1270 g/mol. The van der Waals surface area contributed by atoms with E-state index < -0.39 is 29.5 Å². The van der Waals surface area contributed by atoms with Gasteiger partial charge >= 0.3 is 17.9 Å². The van der Waals surface area contributed by atoms with E-state index in [9.17, 15) is 23.6 Å². The standard InChI is InChI=1S/C28H29ClO4S.C26H26O4.C24H24ClFO3S/c1-28(2,20-6-4-3-5-7-20)21-9-11-22(12-10-21)33-18-24-19(8-14-25(24)29)16-32-17-23-13-15-26(34-23)27(30)31;27-24-15-14-20(9-3-6-18-7-4-11-21(16-18)26(28)29)23(24)17-30-25-13-5-10-19-8-1-2-12-22(19)25;25-23-20(14-29-18-9-8-15-4-1-2-5-16(15)12-18)17(13-21(23)26)6-3-7-19-10-11-22(30-19)24(27)28/h3-7,9-15,19,24H,8,16-18H2,1-2H3,(H,30,31);1-2,4-5,7-8,10-13,16,20,23H,3,6,9,14-15,17H2,(H,28,29);1-2,4-5,8-12,17,20-21,23H,3,6-7,13-14H2,(H,27,28)/t19-,24-;20-,23+;17-,20+,21?,23?/m100/s1. The summed E-state index contributed by atoms with van der Waals surface area (Å²) < 4.78 is 38.5. The minimum Gasteiger partial charge on any atom is -0.493 e. The number of carboxylic acid groups (broad SMARTS) is 3. The van der Waals surface area contributed by atoms with Gasteiger partial charge in [-0.2, -0.15) is 0 Å². The van der Waals surface area contributed by atoms with Crippen LogP contribution in [0.3, 0.4) is 0 Å². The van der Waals surface area contributed by atoms with Crippen LogP contribution in [0.15, 0.2) is 199 Å². The van der Waals surface area contributed by atoms with E-state index in [4.69, 9.17) is 57.5 Å². The SMILES string of the molecule is CC(C)(c1ccccc1)c1ccc(OC[C@H]2C(Cl)=CC[C@@H]2COCc2ccc(C(=O)O)s2)cc1.O=C(O)c1ccc(CCC[C@H]2CC(F)C(Cl)[C@@H]2COc2ccc3ccccc3c2)s1.O=C(O)c1cccc(CCC[C@H]2CCC(=O)[C@@H]2COc2cccc3ccccc23)c1. The highest BCUT2D eigenvalue weighted by Gasteiger charge is 2.43. The molecule has 9 aromatic rings. The number of ketones is 1. The number of benzene rings is 7. The second-order valence-electron chi connectivity index (χ2n) is 25.1. The van der Waals surface area contributed by atoms with Gasteiger partial charge in [0, 0.05) is 43.8 Å². The summed E-state index contributed by atoms with van der Waals surface area (Å²) in [6.07, 6.45) is 9.14. The first kappa shape index (κ1) is 69.0. The van der Waals surface area contributed by atoms with Crippen molar-refractivity contribution in [2.45, 2.75) is 102 Å². The van der Waals surface area contributed by atoms with Gasteiger partial charge in [0.1, 0.15) is 39.0 Å². The molecule has 3 aliphatic carbocycles. The van der Waals surface area contributed by atoms with Crippen LogP contribution in [0.5, 0.6) is 17.2 Å². The molecule has 0 radical (unpaired) electrons. The lowest BCUT2D eigenvalue weighted by atomic mass is 9.78. The molecule has 0 spiro atoms. The molecule has 16 heteroatoms.